The van der Waals surface area contributed by atoms with Crippen LogP contribution in [0.5, 0.6) is 0 Å². The molecule has 0 amide bonds. The highest BCUT2D eigenvalue weighted by Crippen LogP contribution is 2.49. The molecule has 1 aromatic heterocycles. The van der Waals surface area contributed by atoms with E-state index in [0.29, 0.717) is 25.4 Å². The fraction of sp³-hybridized carbons (Fsp3) is 0.375. The molecule has 1 saturated carbocycles. The van der Waals surface area contributed by atoms with Gasteiger partial charge in [-0.05, 0) is 30.4 Å². The van der Waals surface area contributed by atoms with Crippen molar-refractivity contribution in [1.82, 2.24) is 5.16 Å². The third kappa shape index (κ3) is 3.70. The Balaban J connectivity index is 2.55. The summed E-state index contributed by atoms with van der Waals surface area (Å²) in [5.74, 6) is -1.61. The maximum absolute atomic E-state index is 13.9. The highest BCUT2D eigenvalue weighted by atomic mass is 32.2. The Morgan fingerprint density at radius 3 is 2.07 bits per heavy atom. The third-order valence-electron chi connectivity index (χ3n) is 4.25. The van der Waals surface area contributed by atoms with Crippen LogP contribution in [0.2, 0.25) is 0 Å². The summed E-state index contributed by atoms with van der Waals surface area (Å²) in [5, 5.41) is 3.27. The molecule has 0 N–H and O–H groups in total. The van der Waals surface area contributed by atoms with Crippen LogP contribution in [0.25, 0.3) is 0 Å². The fourth-order valence-corrected chi connectivity index (χ4v) is 6.08. The van der Waals surface area contributed by atoms with Crippen LogP contribution in [-0.4, -0.2) is 40.3 Å². The van der Waals surface area contributed by atoms with Crippen LogP contribution >= 0.6 is 0 Å². The van der Waals surface area contributed by atoms with Crippen LogP contribution in [0.3, 0.4) is 0 Å². The summed E-state index contributed by atoms with van der Waals surface area (Å²) in [6.07, 6.45) is -1.52. The van der Waals surface area contributed by atoms with E-state index in [1.165, 1.54) is 0 Å². The minimum atomic E-state index is -5.30. The Hall–Kier alpha value is -2.21. The first-order chi connectivity index (χ1) is 12.7. The van der Waals surface area contributed by atoms with Gasteiger partial charge in [0.25, 0.3) is 0 Å². The summed E-state index contributed by atoms with van der Waals surface area (Å²) in [7, 11) is -9.03. The van der Waals surface area contributed by atoms with E-state index >= 15 is 0 Å². The minimum Gasteiger partial charge on any atom is -0.364 e. The summed E-state index contributed by atoms with van der Waals surface area (Å²) >= 11 is 0. The number of aromatic nitrogens is 1. The van der Waals surface area contributed by atoms with Gasteiger partial charge in [-0.2, -0.15) is 13.2 Å². The minimum absolute atomic E-state index is 0.101. The first-order valence-corrected chi connectivity index (χ1v) is 11.6. The highest BCUT2D eigenvalue weighted by molar-refractivity contribution is 7.93. The quantitative estimate of drug-likeness (QED) is 0.661. The molecular weight excluding hydrogens is 423 g/mol. The summed E-state index contributed by atoms with van der Waals surface area (Å²) in [5.41, 5.74) is -3.18. The first-order valence-electron chi connectivity index (χ1n) is 7.85. The molecule has 3 rings (SSSR count). The molecule has 2 aromatic rings. The van der Waals surface area contributed by atoms with Gasteiger partial charge in [-0.15, -0.1) is 0 Å². The van der Waals surface area contributed by atoms with Gasteiger partial charge in [-0.3, -0.25) is 4.79 Å². The van der Waals surface area contributed by atoms with Crippen LogP contribution in [-0.2, 0) is 25.9 Å². The molecule has 7 nitrogen and oxygen atoms in total. The van der Waals surface area contributed by atoms with Crippen LogP contribution in [0.4, 0.5) is 13.2 Å². The molecule has 152 valence electrons. The lowest BCUT2D eigenvalue weighted by Gasteiger charge is -2.21. The van der Waals surface area contributed by atoms with E-state index in [-0.39, 0.29) is 11.1 Å². The molecule has 0 atom stereocenters. The van der Waals surface area contributed by atoms with Gasteiger partial charge < -0.3 is 4.52 Å². The van der Waals surface area contributed by atoms with Crippen molar-refractivity contribution >= 4 is 25.5 Å². The van der Waals surface area contributed by atoms with Gasteiger partial charge in [0, 0.05) is 18.1 Å². The van der Waals surface area contributed by atoms with E-state index in [1.807, 2.05) is 0 Å². The fourth-order valence-electron chi connectivity index (χ4n) is 3.03. The SMILES string of the molecule is CS(=O)(=O)c1c(C2CC2)cc(C(=O)c2cnoc2)c(C(F)(F)F)c1S(C)(=O)=O. The van der Waals surface area contributed by atoms with E-state index in [1.54, 1.807) is 0 Å². The van der Waals surface area contributed by atoms with Crippen molar-refractivity contribution in [2.45, 2.75) is 34.7 Å². The van der Waals surface area contributed by atoms with Gasteiger partial charge in [0.15, 0.2) is 25.5 Å². The van der Waals surface area contributed by atoms with Crippen LogP contribution in [0.1, 0.15) is 45.8 Å². The van der Waals surface area contributed by atoms with Crippen molar-refractivity contribution in [2.75, 3.05) is 12.5 Å². The smallest absolute Gasteiger partial charge is 0.364 e. The number of sulfone groups is 2. The molecule has 0 radical (unpaired) electrons. The Kier molecular flexibility index (Phi) is 4.70. The molecule has 0 aliphatic heterocycles. The Labute approximate surface area is 158 Å². The number of hydrogen-bond donors (Lipinski definition) is 0. The highest BCUT2D eigenvalue weighted by Gasteiger charge is 2.46. The average Bonchev–Trinajstić information content (AvgIpc) is 3.24. The third-order valence-corrected chi connectivity index (χ3v) is 6.71. The second-order valence-electron chi connectivity index (χ2n) is 6.61. The standard InChI is InChI=1S/C16H14F3NO6S2/c1-27(22,23)14-10(8-3-4-8)5-11(13(21)9-6-20-26-7-9)12(16(17,18)19)15(14)28(2,24)25/h5-8H,3-4H2,1-2H3. The Morgan fingerprint density at radius 2 is 1.68 bits per heavy atom. The van der Waals surface area contributed by atoms with Crippen molar-refractivity contribution in [3.63, 3.8) is 0 Å². The number of alkyl halides is 3. The topological polar surface area (TPSA) is 111 Å². The van der Waals surface area contributed by atoms with E-state index in [2.05, 4.69) is 9.68 Å². The molecule has 12 heteroatoms. The zero-order valence-electron chi connectivity index (χ0n) is 14.6. The summed E-state index contributed by atoms with van der Waals surface area (Å²) < 4.78 is 95.4. The van der Waals surface area contributed by atoms with Crippen molar-refractivity contribution in [1.29, 1.82) is 0 Å². The van der Waals surface area contributed by atoms with Crippen molar-refractivity contribution in [3.8, 4) is 0 Å². The number of nitrogens with zero attached hydrogens (tertiary/aromatic N) is 1. The lowest BCUT2D eigenvalue weighted by atomic mass is 9.95. The van der Waals surface area contributed by atoms with Crippen molar-refractivity contribution in [2.24, 2.45) is 0 Å². The predicted molar refractivity (Wildman–Crippen MR) is 89.6 cm³/mol. The molecule has 0 saturated heterocycles. The predicted octanol–water partition coefficient (Wildman–Crippen LogP) is 2.61. The van der Waals surface area contributed by atoms with E-state index < -0.39 is 58.5 Å². The van der Waals surface area contributed by atoms with Crippen LogP contribution in [0, 0.1) is 0 Å². The van der Waals surface area contributed by atoms with Gasteiger partial charge in [-0.1, -0.05) is 5.16 Å². The molecule has 0 unspecified atom stereocenters. The molecule has 1 aliphatic rings. The summed E-state index contributed by atoms with van der Waals surface area (Å²) in [4.78, 5) is 10.4. The number of rotatable bonds is 5. The Bertz CT molecular complexity index is 1160. The van der Waals surface area contributed by atoms with Crippen LogP contribution < -0.4 is 0 Å². The molecule has 1 aromatic carbocycles. The van der Waals surface area contributed by atoms with E-state index in [4.69, 9.17) is 0 Å². The monoisotopic (exact) mass is 437 g/mol. The van der Waals surface area contributed by atoms with Gasteiger partial charge in [0.05, 0.1) is 27.1 Å². The molecule has 1 heterocycles. The first kappa shape index (κ1) is 20.5. The number of carbonyl (C=O) groups excluding carboxylic acids is 1. The normalized spacial score (nSPS) is 15.6. The number of carbonyl (C=O) groups is 1. The maximum Gasteiger partial charge on any atom is 0.418 e. The molecule has 0 bridgehead atoms. The van der Waals surface area contributed by atoms with Gasteiger partial charge in [-0.25, -0.2) is 16.8 Å². The molecule has 1 fully saturated rings. The molecule has 28 heavy (non-hydrogen) atoms. The van der Waals surface area contributed by atoms with Crippen LogP contribution in [0.15, 0.2) is 32.8 Å². The maximum atomic E-state index is 13.9. The van der Waals surface area contributed by atoms with Crippen molar-refractivity contribution < 1.29 is 39.3 Å². The number of halogens is 3. The van der Waals surface area contributed by atoms with Crippen molar-refractivity contribution in [3.05, 3.63) is 40.8 Å². The lowest BCUT2D eigenvalue weighted by Crippen LogP contribution is -2.23. The number of benzene rings is 1. The van der Waals surface area contributed by atoms with Gasteiger partial charge in [0.2, 0.25) is 0 Å². The number of hydrogen-bond acceptors (Lipinski definition) is 7. The van der Waals surface area contributed by atoms with E-state index in [9.17, 15) is 34.8 Å². The average molecular weight is 437 g/mol. The van der Waals surface area contributed by atoms with Gasteiger partial charge in [0.1, 0.15) is 6.26 Å². The summed E-state index contributed by atoms with van der Waals surface area (Å²) in [6.45, 7) is 0. The number of ketones is 1. The second-order valence-corrected chi connectivity index (χ2v) is 10.5. The molecule has 0 spiro atoms. The van der Waals surface area contributed by atoms with Gasteiger partial charge >= 0.3 is 6.18 Å². The molecular formula is C16H14F3NO6S2. The zero-order chi connectivity index (χ0) is 21.1. The largest absolute Gasteiger partial charge is 0.418 e. The second kappa shape index (κ2) is 6.41. The van der Waals surface area contributed by atoms with E-state index in [0.717, 1.165) is 18.5 Å². The molecule has 1 aliphatic carbocycles. The lowest BCUT2D eigenvalue weighted by molar-refractivity contribution is -0.140. The zero-order valence-corrected chi connectivity index (χ0v) is 16.2. The Morgan fingerprint density at radius 1 is 1.11 bits per heavy atom. The summed E-state index contributed by atoms with van der Waals surface area (Å²) in [6, 6.07) is 0.834.